The van der Waals surface area contributed by atoms with Gasteiger partial charge in [-0.3, -0.25) is 4.79 Å². The standard InChI is InChI=1S/C18H24N2O2.ClH/c1-12-8-13(10-19)11-20(12)17(21)15-9-18(15)6-7-22-16-5-3-2-4-14(16)18;/h2-5,12-13,15H,6-11,19H2,1H3;1H. The Morgan fingerprint density at radius 2 is 2.22 bits per heavy atom. The van der Waals surface area contributed by atoms with Crippen molar-refractivity contribution < 1.29 is 9.53 Å². The van der Waals surface area contributed by atoms with Crippen LogP contribution in [0.1, 0.15) is 31.7 Å². The minimum absolute atomic E-state index is 0. The number of benzene rings is 1. The van der Waals surface area contributed by atoms with Crippen molar-refractivity contribution in [3.63, 3.8) is 0 Å². The monoisotopic (exact) mass is 336 g/mol. The first-order chi connectivity index (χ1) is 10.7. The molecule has 1 aliphatic carbocycles. The van der Waals surface area contributed by atoms with Crippen molar-refractivity contribution in [1.29, 1.82) is 0 Å². The Bertz CT molecular complexity index is 608. The van der Waals surface area contributed by atoms with E-state index in [0.29, 0.717) is 24.4 Å². The molecule has 0 aromatic heterocycles. The molecule has 3 aliphatic rings. The highest BCUT2D eigenvalue weighted by molar-refractivity contribution is 5.86. The summed E-state index contributed by atoms with van der Waals surface area (Å²) in [4.78, 5) is 15.1. The van der Waals surface area contributed by atoms with Gasteiger partial charge in [0, 0.05) is 29.5 Å². The summed E-state index contributed by atoms with van der Waals surface area (Å²) in [6, 6.07) is 8.55. The summed E-state index contributed by atoms with van der Waals surface area (Å²) in [5, 5.41) is 0. The molecule has 23 heavy (non-hydrogen) atoms. The number of nitrogens with two attached hydrogens (primary N) is 1. The number of amides is 1. The average Bonchev–Trinajstić information content (AvgIpc) is 3.12. The van der Waals surface area contributed by atoms with Gasteiger partial charge < -0.3 is 15.4 Å². The van der Waals surface area contributed by atoms with Gasteiger partial charge in [-0.25, -0.2) is 0 Å². The van der Waals surface area contributed by atoms with Crippen LogP contribution in [0, 0.1) is 11.8 Å². The van der Waals surface area contributed by atoms with Gasteiger partial charge in [0.2, 0.25) is 5.91 Å². The number of nitrogens with zero attached hydrogens (tertiary/aromatic N) is 1. The maximum absolute atomic E-state index is 13.0. The summed E-state index contributed by atoms with van der Waals surface area (Å²) in [7, 11) is 0. The molecule has 2 N–H and O–H groups in total. The zero-order valence-electron chi connectivity index (χ0n) is 13.5. The molecule has 1 aromatic rings. The number of fused-ring (bicyclic) bond motifs is 2. The molecule has 4 nitrogen and oxygen atoms in total. The van der Waals surface area contributed by atoms with Crippen LogP contribution in [0.4, 0.5) is 0 Å². The minimum Gasteiger partial charge on any atom is -0.493 e. The number of carbonyl (C=O) groups is 1. The van der Waals surface area contributed by atoms with Crippen LogP contribution in [0.2, 0.25) is 0 Å². The fourth-order valence-corrected chi connectivity index (χ4v) is 4.50. The maximum Gasteiger partial charge on any atom is 0.226 e. The highest BCUT2D eigenvalue weighted by Gasteiger charge is 2.62. The van der Waals surface area contributed by atoms with Crippen molar-refractivity contribution >= 4 is 18.3 Å². The molecule has 1 amide bonds. The Morgan fingerprint density at radius 3 is 2.96 bits per heavy atom. The number of para-hydroxylation sites is 1. The fraction of sp³-hybridized carbons (Fsp3) is 0.611. The van der Waals surface area contributed by atoms with Crippen molar-refractivity contribution in [2.24, 2.45) is 17.6 Å². The second-order valence-corrected chi connectivity index (χ2v) is 7.18. The molecule has 4 unspecified atom stereocenters. The van der Waals surface area contributed by atoms with Gasteiger partial charge in [-0.15, -0.1) is 12.4 Å². The van der Waals surface area contributed by atoms with Crippen LogP contribution in [0.15, 0.2) is 24.3 Å². The number of rotatable bonds is 2. The van der Waals surface area contributed by atoms with Crippen LogP contribution in [0.5, 0.6) is 5.75 Å². The normalized spacial score (nSPS) is 34.5. The van der Waals surface area contributed by atoms with Crippen molar-refractivity contribution in [3.8, 4) is 5.75 Å². The first-order valence-corrected chi connectivity index (χ1v) is 8.38. The summed E-state index contributed by atoms with van der Waals surface area (Å²) in [6.07, 6.45) is 2.98. The van der Waals surface area contributed by atoms with Gasteiger partial charge >= 0.3 is 0 Å². The van der Waals surface area contributed by atoms with Crippen LogP contribution >= 0.6 is 12.4 Å². The van der Waals surface area contributed by atoms with Crippen LogP contribution in [0.25, 0.3) is 0 Å². The zero-order chi connectivity index (χ0) is 15.3. The Balaban J connectivity index is 0.00000156. The molecule has 126 valence electrons. The van der Waals surface area contributed by atoms with Gasteiger partial charge in [0.05, 0.1) is 6.61 Å². The van der Waals surface area contributed by atoms with Gasteiger partial charge in [-0.05, 0) is 44.7 Å². The van der Waals surface area contributed by atoms with E-state index in [-0.39, 0.29) is 23.7 Å². The largest absolute Gasteiger partial charge is 0.493 e. The Morgan fingerprint density at radius 1 is 1.43 bits per heavy atom. The van der Waals surface area contributed by atoms with Crippen LogP contribution < -0.4 is 10.5 Å². The molecule has 0 bridgehead atoms. The lowest BCUT2D eigenvalue weighted by Gasteiger charge is -2.28. The molecule has 2 aliphatic heterocycles. The lowest BCUT2D eigenvalue weighted by molar-refractivity contribution is -0.133. The molecule has 2 heterocycles. The smallest absolute Gasteiger partial charge is 0.226 e. The van der Waals surface area contributed by atoms with Crippen molar-refractivity contribution in [3.05, 3.63) is 29.8 Å². The number of ether oxygens (including phenoxy) is 1. The van der Waals surface area contributed by atoms with Gasteiger partial charge in [-0.1, -0.05) is 18.2 Å². The van der Waals surface area contributed by atoms with Crippen molar-refractivity contribution in [2.45, 2.75) is 37.6 Å². The second-order valence-electron chi connectivity index (χ2n) is 7.18. The SMILES string of the molecule is CC1CC(CN)CN1C(=O)C1CC12CCOc1ccccc12.Cl. The number of hydrogen-bond acceptors (Lipinski definition) is 3. The van der Waals surface area contributed by atoms with E-state index < -0.39 is 0 Å². The van der Waals surface area contributed by atoms with E-state index in [2.05, 4.69) is 24.0 Å². The van der Waals surface area contributed by atoms with E-state index in [1.165, 1.54) is 5.56 Å². The fourth-order valence-electron chi connectivity index (χ4n) is 4.50. The van der Waals surface area contributed by atoms with Crippen molar-refractivity contribution in [1.82, 2.24) is 4.90 Å². The summed E-state index contributed by atoms with van der Waals surface area (Å²) in [5.41, 5.74) is 7.07. The lowest BCUT2D eigenvalue weighted by atomic mass is 9.87. The molecular formula is C18H25ClN2O2. The second kappa shape index (κ2) is 5.99. The lowest BCUT2D eigenvalue weighted by Crippen LogP contribution is -2.38. The number of likely N-dealkylation sites (tertiary alicyclic amines) is 1. The average molecular weight is 337 g/mol. The summed E-state index contributed by atoms with van der Waals surface area (Å²) >= 11 is 0. The summed E-state index contributed by atoms with van der Waals surface area (Å²) in [5.74, 6) is 1.91. The molecule has 1 aromatic carbocycles. The van der Waals surface area contributed by atoms with Crippen LogP contribution in [0.3, 0.4) is 0 Å². The number of carbonyl (C=O) groups excluding carboxylic acids is 1. The number of hydrogen-bond donors (Lipinski definition) is 1. The number of halogens is 1. The van der Waals surface area contributed by atoms with E-state index in [1.807, 2.05) is 12.1 Å². The molecule has 5 heteroatoms. The molecule has 4 atom stereocenters. The summed E-state index contributed by atoms with van der Waals surface area (Å²) < 4.78 is 5.77. The zero-order valence-corrected chi connectivity index (χ0v) is 14.3. The maximum atomic E-state index is 13.0. The van der Waals surface area contributed by atoms with E-state index in [0.717, 1.165) is 38.2 Å². The Labute approximate surface area is 143 Å². The van der Waals surface area contributed by atoms with Gasteiger partial charge in [0.25, 0.3) is 0 Å². The van der Waals surface area contributed by atoms with Gasteiger partial charge in [0.15, 0.2) is 0 Å². The van der Waals surface area contributed by atoms with Gasteiger partial charge in [0.1, 0.15) is 5.75 Å². The Kier molecular flexibility index (Phi) is 4.32. The van der Waals surface area contributed by atoms with Crippen LogP contribution in [-0.2, 0) is 10.2 Å². The van der Waals surface area contributed by atoms with E-state index in [9.17, 15) is 4.79 Å². The molecule has 1 saturated carbocycles. The molecular weight excluding hydrogens is 312 g/mol. The Hall–Kier alpha value is -1.26. The molecule has 1 saturated heterocycles. The summed E-state index contributed by atoms with van der Waals surface area (Å²) in [6.45, 7) is 4.39. The quantitative estimate of drug-likeness (QED) is 0.902. The van der Waals surface area contributed by atoms with E-state index >= 15 is 0 Å². The predicted octanol–water partition coefficient (Wildman–Crippen LogP) is 2.34. The molecule has 0 radical (unpaired) electrons. The third-order valence-corrected chi connectivity index (χ3v) is 5.88. The predicted molar refractivity (Wildman–Crippen MR) is 91.9 cm³/mol. The van der Waals surface area contributed by atoms with E-state index in [4.69, 9.17) is 10.5 Å². The molecule has 4 rings (SSSR count). The highest BCUT2D eigenvalue weighted by Crippen LogP contribution is 2.61. The van der Waals surface area contributed by atoms with E-state index in [1.54, 1.807) is 0 Å². The van der Waals surface area contributed by atoms with Crippen LogP contribution in [-0.4, -0.2) is 36.5 Å². The van der Waals surface area contributed by atoms with Gasteiger partial charge in [-0.2, -0.15) is 0 Å². The molecule has 2 fully saturated rings. The first-order valence-electron chi connectivity index (χ1n) is 8.38. The molecule has 1 spiro atoms. The third kappa shape index (κ3) is 2.52. The first kappa shape index (κ1) is 16.6. The third-order valence-electron chi connectivity index (χ3n) is 5.88. The minimum atomic E-state index is 0. The topological polar surface area (TPSA) is 55.6 Å². The highest BCUT2D eigenvalue weighted by atomic mass is 35.5. The van der Waals surface area contributed by atoms with Crippen molar-refractivity contribution in [2.75, 3.05) is 19.7 Å².